The van der Waals surface area contributed by atoms with E-state index in [0.717, 1.165) is 135 Å². The fraction of sp³-hybridized carbons (Fsp3) is 0.0147. The van der Waals surface area contributed by atoms with Crippen LogP contribution in [0.25, 0.3) is 258 Å². The quantitative estimate of drug-likeness (QED) is 0.165. The fourth-order valence-corrected chi connectivity index (χ4v) is 23.2. The number of hydrogen-bond acceptors (Lipinski definition) is 6. The van der Waals surface area contributed by atoms with Crippen molar-refractivity contribution in [3.05, 3.63) is 523 Å². The Hall–Kier alpha value is -18.4. The van der Waals surface area contributed by atoms with Gasteiger partial charge in [-0.1, -0.05) is 375 Å². The van der Waals surface area contributed by atoms with Gasteiger partial charge in [-0.15, -0.1) is 0 Å². The SMILES string of the molecule is Clc1ccc2c(c1)-c1cc3ccccc3cc1C2.Clc1ccc2c(c1)c1cc3ccccc3cc1n2-c1nc2ccccc2nc1-c1ccc2ccccc2c1.Clc1nc2ccccc2nc1-c1ccc2ccccc2c1.c1ccc2c(c1)Cc1ccc3ccccc3c1-2.c1ccc2cc(-c3nc4ccccc4nc3-n3c4ccc(-n5c6ccccc6c6c7ccccc7ccc65)cc4c4cc5ccccc5cc43)ccc2c1. The van der Waals surface area contributed by atoms with Gasteiger partial charge >= 0.3 is 0 Å². The van der Waals surface area contributed by atoms with E-state index in [1.807, 2.05) is 91.0 Å². The maximum Gasteiger partial charge on any atom is 0.165 e. The van der Waals surface area contributed by atoms with Crippen molar-refractivity contribution in [2.24, 2.45) is 0 Å². The molecule has 0 saturated carbocycles. The van der Waals surface area contributed by atoms with E-state index in [1.165, 1.54) is 163 Å². The number of fused-ring (bicyclic) bond motifs is 28. The van der Waals surface area contributed by atoms with Crippen LogP contribution in [0.3, 0.4) is 0 Å². The van der Waals surface area contributed by atoms with Crippen molar-refractivity contribution in [2.45, 2.75) is 12.8 Å². The van der Waals surface area contributed by atoms with Crippen LogP contribution in [-0.2, 0) is 12.8 Å². The third-order valence-corrected chi connectivity index (χ3v) is 30.3. The Morgan fingerprint density at radius 1 is 0.182 bits per heavy atom. The summed E-state index contributed by atoms with van der Waals surface area (Å²) in [5.74, 6) is 1.62. The molecule has 2 aliphatic rings. The lowest BCUT2D eigenvalue weighted by atomic mass is 9.98. The van der Waals surface area contributed by atoms with Crippen LogP contribution in [-0.4, -0.2) is 43.6 Å². The molecule has 12 heteroatoms. The van der Waals surface area contributed by atoms with Gasteiger partial charge in [-0.05, 0) is 289 Å². The molecule has 0 unspecified atom stereocenters. The van der Waals surface area contributed by atoms with Crippen LogP contribution in [0.1, 0.15) is 22.3 Å². The number of hydrogen-bond donors (Lipinski definition) is 0. The molecule has 0 fully saturated rings. The third-order valence-electron chi connectivity index (χ3n) is 29.6. The molecule has 0 radical (unpaired) electrons. The standard InChI is InChI=1S/C50H30N4.C34H20ClN3.C18H11ClN2.C17H11Cl.C17H12/c1-2-13-33-27-36(22-21-31(33)11-1)49-50(52-43-19-9-8-18-42(43)51-49)54-45-26-24-37(30-41(45)40-28-34-14-3-4-15-35(34)29-47(40)54)53-44-20-10-7-17-39(44)48-38-16-6-5-12-32(38)23-25-46(48)53;35-26-15-16-31-28(20-26)27-18-23-9-3-4-10-24(23)19-32(27)38(31)34-33(36-29-11-5-6-12-30(29)37-34)25-14-13-21-7-1-2-8-22(21)17-25;19-18-17(20-15-7-3-4-8-16(15)21-18)14-10-9-12-5-1-2-6-13(12)11-14;18-15-6-5-13-8-14-7-11-3-1-2-4-12(11)9-16(14)17(13)10-15;1-3-7-15-12(5-1)9-10-14-11-13-6-2-4-8-16(13)17(14)15/h1-30H;1-20H;1-11H;1-7,9-10H,8H2;1-10H,11H2. The zero-order valence-electron chi connectivity index (χ0n) is 79.8. The lowest BCUT2D eigenvalue weighted by molar-refractivity contribution is 1.08. The first-order valence-corrected chi connectivity index (χ1v) is 51.0. The van der Waals surface area contributed by atoms with E-state index in [0.29, 0.717) is 10.2 Å². The third kappa shape index (κ3) is 15.4. The van der Waals surface area contributed by atoms with Gasteiger partial charge in [-0.3, -0.25) is 9.13 Å². The van der Waals surface area contributed by atoms with Gasteiger partial charge in [0.2, 0.25) is 0 Å². The summed E-state index contributed by atoms with van der Waals surface area (Å²) in [5, 5.41) is 28.8. The van der Waals surface area contributed by atoms with E-state index in [9.17, 15) is 0 Å². The van der Waals surface area contributed by atoms with Gasteiger partial charge in [0.1, 0.15) is 17.1 Å². The monoisotopic (exact) mass is 1950 g/mol. The van der Waals surface area contributed by atoms with E-state index >= 15 is 0 Å². The van der Waals surface area contributed by atoms with Crippen molar-refractivity contribution in [1.29, 1.82) is 0 Å². The van der Waals surface area contributed by atoms with Crippen LogP contribution >= 0.6 is 34.8 Å². The van der Waals surface area contributed by atoms with E-state index in [2.05, 4.69) is 418 Å². The van der Waals surface area contributed by atoms with E-state index in [1.54, 1.807) is 0 Å². The lowest BCUT2D eigenvalue weighted by Crippen LogP contribution is -2.04. The number of rotatable bonds is 6. The second-order valence-electron chi connectivity index (χ2n) is 38.3. The maximum absolute atomic E-state index is 6.52. The highest BCUT2D eigenvalue weighted by Gasteiger charge is 2.28. The molecule has 0 atom stereocenters. The highest BCUT2D eigenvalue weighted by molar-refractivity contribution is 6.33. The molecule has 6 heterocycles. The van der Waals surface area contributed by atoms with E-state index in [-0.39, 0.29) is 0 Å². The molecule has 30 aromatic rings. The summed E-state index contributed by atoms with van der Waals surface area (Å²) in [4.78, 5) is 30.3. The lowest BCUT2D eigenvalue weighted by Gasteiger charge is -2.15. The van der Waals surface area contributed by atoms with Crippen molar-refractivity contribution < 1.29 is 0 Å². The van der Waals surface area contributed by atoms with Crippen molar-refractivity contribution >= 4 is 220 Å². The van der Waals surface area contributed by atoms with Gasteiger partial charge in [0.15, 0.2) is 16.8 Å². The smallest absolute Gasteiger partial charge is 0.165 e. The Morgan fingerprint density at radius 3 is 1.09 bits per heavy atom. The minimum Gasteiger partial charge on any atom is -0.309 e. The highest BCUT2D eigenvalue weighted by atomic mass is 35.5. The van der Waals surface area contributed by atoms with Crippen LogP contribution in [0, 0.1) is 0 Å². The Kier molecular flexibility index (Phi) is 21.4. The van der Waals surface area contributed by atoms with Crippen molar-refractivity contribution in [1.82, 2.24) is 43.6 Å². The molecule has 0 aliphatic heterocycles. The van der Waals surface area contributed by atoms with Gasteiger partial charge in [0.05, 0.1) is 66.2 Å². The largest absolute Gasteiger partial charge is 0.309 e. The van der Waals surface area contributed by atoms with Crippen LogP contribution in [0.2, 0.25) is 15.2 Å². The molecule has 9 nitrogen and oxygen atoms in total. The first kappa shape index (κ1) is 87.4. The maximum atomic E-state index is 6.52. The molecule has 694 valence electrons. The first-order valence-electron chi connectivity index (χ1n) is 49.9. The van der Waals surface area contributed by atoms with Crippen LogP contribution < -0.4 is 0 Å². The predicted octanol–water partition coefficient (Wildman–Crippen LogP) is 36.9. The van der Waals surface area contributed by atoms with Crippen molar-refractivity contribution in [2.75, 3.05) is 0 Å². The number of nitrogens with zero attached hydrogens (tertiary/aromatic N) is 9. The normalized spacial score (nSPS) is 12.0. The summed E-state index contributed by atoms with van der Waals surface area (Å²) in [6.45, 7) is 0. The molecule has 32 rings (SSSR count). The second kappa shape index (κ2) is 36.2. The Labute approximate surface area is 865 Å². The molecule has 148 heavy (non-hydrogen) atoms. The molecule has 24 aromatic carbocycles. The summed E-state index contributed by atoms with van der Waals surface area (Å²) in [6.07, 6.45) is 2.10. The molecule has 0 bridgehead atoms. The van der Waals surface area contributed by atoms with Gasteiger partial charge < -0.3 is 4.57 Å². The summed E-state index contributed by atoms with van der Waals surface area (Å²) in [6, 6.07) is 171. The molecule has 6 aromatic heterocycles. The summed E-state index contributed by atoms with van der Waals surface area (Å²) in [5.41, 5.74) is 29.6. The van der Waals surface area contributed by atoms with Crippen LogP contribution in [0.4, 0.5) is 0 Å². The van der Waals surface area contributed by atoms with Gasteiger partial charge in [0.25, 0.3) is 0 Å². The van der Waals surface area contributed by atoms with Crippen LogP contribution in [0.5, 0.6) is 0 Å². The number of aromatic nitrogens is 9. The predicted molar refractivity (Wildman–Crippen MR) is 622 cm³/mol. The fourth-order valence-electron chi connectivity index (χ4n) is 22.6. The minimum absolute atomic E-state index is 0.434. The molecule has 0 N–H and O–H groups in total. The van der Waals surface area contributed by atoms with Gasteiger partial charge in [-0.2, -0.15) is 0 Å². The molecule has 0 amide bonds. The van der Waals surface area contributed by atoms with E-state index in [4.69, 9.17) is 54.7 Å². The molecular weight excluding hydrogens is 1870 g/mol. The number of para-hydroxylation sites is 7. The van der Waals surface area contributed by atoms with E-state index < -0.39 is 0 Å². The molecule has 0 spiro atoms. The average Bonchev–Trinajstić information content (AvgIpc) is 1.55. The van der Waals surface area contributed by atoms with Crippen molar-refractivity contribution in [3.8, 4) is 73.3 Å². The topological polar surface area (TPSA) is 92.1 Å². The molecular formula is C136H84Cl3N9. The zero-order chi connectivity index (χ0) is 98.1. The van der Waals surface area contributed by atoms with Crippen molar-refractivity contribution in [3.63, 3.8) is 0 Å². The average molecular weight is 1950 g/mol. The zero-order valence-corrected chi connectivity index (χ0v) is 82.0. The molecule has 0 saturated heterocycles. The summed E-state index contributed by atoms with van der Waals surface area (Å²) < 4.78 is 7.01. The summed E-state index contributed by atoms with van der Waals surface area (Å²) in [7, 11) is 0. The Morgan fingerprint density at radius 2 is 0.534 bits per heavy atom. The highest BCUT2D eigenvalue weighted by Crippen LogP contribution is 2.48. The molecule has 2 aliphatic carbocycles. The van der Waals surface area contributed by atoms with Gasteiger partial charge in [-0.25, -0.2) is 29.9 Å². The van der Waals surface area contributed by atoms with Gasteiger partial charge in [0, 0.05) is 64.7 Å². The number of benzene rings is 24. The first-order chi connectivity index (χ1) is 73.0. The summed E-state index contributed by atoms with van der Waals surface area (Å²) >= 11 is 18.9. The van der Waals surface area contributed by atoms with Crippen LogP contribution in [0.15, 0.2) is 485 Å². The minimum atomic E-state index is 0.434. The number of halogens is 3. The Balaban J connectivity index is 0.0000000968. The Bertz CT molecular complexity index is 10800. The second-order valence-corrected chi connectivity index (χ2v) is 39.5.